The molecule has 5 nitrogen and oxygen atoms in total. The van der Waals surface area contributed by atoms with Gasteiger partial charge in [-0.05, 0) is 32.4 Å². The zero-order valence-electron chi connectivity index (χ0n) is 9.87. The number of hydrazine groups is 1. The van der Waals surface area contributed by atoms with E-state index in [9.17, 15) is 4.79 Å². The summed E-state index contributed by atoms with van der Waals surface area (Å²) in [5.74, 6) is 5.70. The Morgan fingerprint density at radius 1 is 1.50 bits per heavy atom. The first-order valence-corrected chi connectivity index (χ1v) is 5.35. The lowest BCUT2D eigenvalue weighted by Crippen LogP contribution is -2.30. The first-order valence-electron chi connectivity index (χ1n) is 5.35. The average Bonchev–Trinajstić information content (AvgIpc) is 2.27. The van der Waals surface area contributed by atoms with E-state index in [0.29, 0.717) is 11.4 Å². The Labute approximate surface area is 95.4 Å². The van der Waals surface area contributed by atoms with Gasteiger partial charge in [0.25, 0.3) is 5.91 Å². The molecule has 0 atom stereocenters. The SMILES string of the molecule is CCc1cc(C(=O)NC(C)C)cc(NN)n1. The number of aryl methyl sites for hydroxylation is 1. The zero-order chi connectivity index (χ0) is 12.1. The minimum atomic E-state index is -0.108. The van der Waals surface area contributed by atoms with Crippen molar-refractivity contribution in [2.24, 2.45) is 5.84 Å². The molecule has 0 bridgehead atoms. The minimum Gasteiger partial charge on any atom is -0.350 e. The third-order valence-electron chi connectivity index (χ3n) is 2.07. The molecule has 0 aliphatic rings. The van der Waals surface area contributed by atoms with Crippen molar-refractivity contribution in [3.63, 3.8) is 0 Å². The van der Waals surface area contributed by atoms with Crippen LogP contribution in [0.2, 0.25) is 0 Å². The van der Waals surface area contributed by atoms with E-state index in [1.165, 1.54) is 0 Å². The first-order chi connectivity index (χ1) is 7.56. The van der Waals surface area contributed by atoms with Crippen molar-refractivity contribution in [2.75, 3.05) is 5.43 Å². The Morgan fingerprint density at radius 3 is 2.69 bits per heavy atom. The molecule has 5 heteroatoms. The summed E-state index contributed by atoms with van der Waals surface area (Å²) < 4.78 is 0. The molecule has 0 aliphatic carbocycles. The summed E-state index contributed by atoms with van der Waals surface area (Å²) in [6.45, 7) is 5.82. The Bertz CT molecular complexity index is 354. The second kappa shape index (κ2) is 5.46. The van der Waals surface area contributed by atoms with E-state index in [-0.39, 0.29) is 11.9 Å². The number of amides is 1. The summed E-state index contributed by atoms with van der Waals surface area (Å²) in [7, 11) is 0. The second-order valence-electron chi connectivity index (χ2n) is 3.86. The highest BCUT2D eigenvalue weighted by Gasteiger charge is 2.09. The summed E-state index contributed by atoms with van der Waals surface area (Å²) in [5.41, 5.74) is 3.87. The molecular formula is C11H18N4O. The number of rotatable bonds is 4. The van der Waals surface area contributed by atoms with Crippen LogP contribution in [-0.2, 0) is 6.42 Å². The van der Waals surface area contributed by atoms with Gasteiger partial charge in [0.2, 0.25) is 0 Å². The van der Waals surface area contributed by atoms with Crippen molar-refractivity contribution in [3.8, 4) is 0 Å². The third-order valence-corrected chi connectivity index (χ3v) is 2.07. The highest BCUT2D eigenvalue weighted by atomic mass is 16.1. The molecule has 0 unspecified atom stereocenters. The van der Waals surface area contributed by atoms with E-state index in [1.54, 1.807) is 12.1 Å². The molecule has 0 aromatic carbocycles. The molecule has 0 fully saturated rings. The molecule has 4 N–H and O–H groups in total. The van der Waals surface area contributed by atoms with Gasteiger partial charge in [-0.25, -0.2) is 10.8 Å². The molecule has 1 heterocycles. The van der Waals surface area contributed by atoms with Crippen LogP contribution in [0.25, 0.3) is 0 Å². The van der Waals surface area contributed by atoms with E-state index < -0.39 is 0 Å². The molecule has 16 heavy (non-hydrogen) atoms. The predicted octanol–water partition coefficient (Wildman–Crippen LogP) is 1.07. The molecule has 0 spiro atoms. The van der Waals surface area contributed by atoms with Crippen LogP contribution < -0.4 is 16.6 Å². The van der Waals surface area contributed by atoms with Crippen molar-refractivity contribution in [1.29, 1.82) is 0 Å². The lowest BCUT2D eigenvalue weighted by atomic mass is 10.1. The standard InChI is InChI=1S/C11H18N4O/c1-4-9-5-8(6-10(14-9)15-12)11(16)13-7(2)3/h5-7H,4,12H2,1-3H3,(H,13,16)(H,14,15). The summed E-state index contributed by atoms with van der Waals surface area (Å²) >= 11 is 0. The zero-order valence-corrected chi connectivity index (χ0v) is 9.87. The number of aromatic nitrogens is 1. The van der Waals surface area contributed by atoms with Crippen molar-refractivity contribution in [1.82, 2.24) is 10.3 Å². The van der Waals surface area contributed by atoms with Crippen LogP contribution in [-0.4, -0.2) is 16.9 Å². The van der Waals surface area contributed by atoms with Gasteiger partial charge in [0.05, 0.1) is 0 Å². The van der Waals surface area contributed by atoms with Crippen molar-refractivity contribution in [2.45, 2.75) is 33.2 Å². The maximum atomic E-state index is 11.8. The molecule has 1 aromatic rings. The van der Waals surface area contributed by atoms with Crippen LogP contribution in [0.5, 0.6) is 0 Å². The second-order valence-corrected chi connectivity index (χ2v) is 3.86. The quantitative estimate of drug-likeness (QED) is 0.526. The number of hydrogen-bond acceptors (Lipinski definition) is 4. The number of nitrogens with one attached hydrogen (secondary N) is 2. The number of nitrogens with zero attached hydrogens (tertiary/aromatic N) is 1. The Hall–Kier alpha value is -1.62. The average molecular weight is 222 g/mol. The monoisotopic (exact) mass is 222 g/mol. The van der Waals surface area contributed by atoms with E-state index in [0.717, 1.165) is 12.1 Å². The number of anilines is 1. The van der Waals surface area contributed by atoms with Crippen LogP contribution >= 0.6 is 0 Å². The summed E-state index contributed by atoms with van der Waals surface area (Å²) in [6.07, 6.45) is 0.761. The van der Waals surface area contributed by atoms with Crippen molar-refractivity contribution < 1.29 is 4.79 Å². The molecule has 1 aromatic heterocycles. The topological polar surface area (TPSA) is 80.0 Å². The number of pyridine rings is 1. The third kappa shape index (κ3) is 3.20. The smallest absolute Gasteiger partial charge is 0.251 e. The molecule has 1 rings (SSSR count). The van der Waals surface area contributed by atoms with E-state index in [4.69, 9.17) is 5.84 Å². The van der Waals surface area contributed by atoms with Crippen LogP contribution in [0.4, 0.5) is 5.82 Å². The highest BCUT2D eigenvalue weighted by molar-refractivity contribution is 5.95. The Kier molecular flexibility index (Phi) is 4.25. The van der Waals surface area contributed by atoms with Gasteiger partial charge in [0.1, 0.15) is 5.82 Å². The highest BCUT2D eigenvalue weighted by Crippen LogP contribution is 2.10. The number of nitrogen functional groups attached to an aromatic ring is 1. The van der Waals surface area contributed by atoms with Crippen LogP contribution in [0, 0.1) is 0 Å². The Balaban J connectivity index is 2.98. The predicted molar refractivity (Wildman–Crippen MR) is 64.0 cm³/mol. The lowest BCUT2D eigenvalue weighted by Gasteiger charge is -2.10. The lowest BCUT2D eigenvalue weighted by molar-refractivity contribution is 0.0943. The minimum absolute atomic E-state index is 0.108. The molecule has 0 aliphatic heterocycles. The van der Waals surface area contributed by atoms with Crippen molar-refractivity contribution >= 4 is 11.7 Å². The van der Waals surface area contributed by atoms with Gasteiger partial charge in [-0.15, -0.1) is 0 Å². The summed E-state index contributed by atoms with van der Waals surface area (Å²) in [5, 5.41) is 2.83. The van der Waals surface area contributed by atoms with Crippen LogP contribution in [0.3, 0.4) is 0 Å². The van der Waals surface area contributed by atoms with Gasteiger partial charge in [-0.2, -0.15) is 0 Å². The Morgan fingerprint density at radius 2 is 2.19 bits per heavy atom. The van der Waals surface area contributed by atoms with Crippen molar-refractivity contribution in [3.05, 3.63) is 23.4 Å². The fourth-order valence-corrected chi connectivity index (χ4v) is 1.32. The molecule has 1 amide bonds. The normalized spacial score (nSPS) is 10.3. The fraction of sp³-hybridized carbons (Fsp3) is 0.455. The van der Waals surface area contributed by atoms with Gasteiger partial charge in [0, 0.05) is 17.3 Å². The molecule has 0 saturated heterocycles. The fourth-order valence-electron chi connectivity index (χ4n) is 1.32. The van der Waals surface area contributed by atoms with Gasteiger partial charge >= 0.3 is 0 Å². The first kappa shape index (κ1) is 12.4. The van der Waals surface area contributed by atoms with E-state index in [2.05, 4.69) is 15.7 Å². The van der Waals surface area contributed by atoms with Crippen LogP contribution in [0.1, 0.15) is 36.8 Å². The van der Waals surface area contributed by atoms with Gasteiger partial charge in [-0.3, -0.25) is 4.79 Å². The van der Waals surface area contributed by atoms with Gasteiger partial charge in [-0.1, -0.05) is 6.92 Å². The molecular weight excluding hydrogens is 204 g/mol. The number of carbonyl (C=O) groups excluding carboxylic acids is 1. The largest absolute Gasteiger partial charge is 0.350 e. The molecule has 88 valence electrons. The van der Waals surface area contributed by atoms with Crippen LogP contribution in [0.15, 0.2) is 12.1 Å². The van der Waals surface area contributed by atoms with E-state index in [1.807, 2.05) is 20.8 Å². The van der Waals surface area contributed by atoms with Gasteiger partial charge in [0.15, 0.2) is 0 Å². The van der Waals surface area contributed by atoms with E-state index >= 15 is 0 Å². The number of nitrogens with two attached hydrogens (primary N) is 1. The number of hydrogen-bond donors (Lipinski definition) is 3. The molecule has 0 radical (unpaired) electrons. The summed E-state index contributed by atoms with van der Waals surface area (Å²) in [6, 6.07) is 3.52. The number of carbonyl (C=O) groups is 1. The maximum Gasteiger partial charge on any atom is 0.251 e. The molecule has 0 saturated carbocycles. The summed E-state index contributed by atoms with van der Waals surface area (Å²) in [4.78, 5) is 16.0. The van der Waals surface area contributed by atoms with Gasteiger partial charge < -0.3 is 10.7 Å². The maximum absolute atomic E-state index is 11.8.